The summed E-state index contributed by atoms with van der Waals surface area (Å²) in [6.45, 7) is 3.78. The van der Waals surface area contributed by atoms with Gasteiger partial charge in [0.15, 0.2) is 0 Å². The average molecular weight is 316 g/mol. The Morgan fingerprint density at radius 2 is 1.74 bits per heavy atom. The van der Waals surface area contributed by atoms with E-state index in [1.54, 1.807) is 18.2 Å². The maximum Gasteiger partial charge on any atom is 0.292 e. The Morgan fingerprint density at radius 3 is 2.43 bits per heavy atom. The largest absolute Gasteiger partial charge is 0.355 e. The molecule has 1 saturated heterocycles. The maximum atomic E-state index is 13.7. The highest BCUT2D eigenvalue weighted by molar-refractivity contribution is 5.63. The van der Waals surface area contributed by atoms with Gasteiger partial charge in [0, 0.05) is 11.6 Å². The number of rotatable bonds is 4. The molecule has 0 unspecified atom stereocenters. The summed E-state index contributed by atoms with van der Waals surface area (Å²) in [5.41, 5.74) is 1.54. The Kier molecular flexibility index (Phi) is 4.52. The zero-order valence-electron chi connectivity index (χ0n) is 12.7. The smallest absolute Gasteiger partial charge is 0.292 e. The number of nitro groups is 1. The number of benzene rings is 2. The minimum Gasteiger partial charge on any atom is -0.355 e. The van der Waals surface area contributed by atoms with Crippen molar-refractivity contribution < 1.29 is 14.2 Å². The van der Waals surface area contributed by atoms with Crippen molar-refractivity contribution in [2.24, 2.45) is 0 Å². The predicted octanol–water partition coefficient (Wildman–Crippen LogP) is 1.64. The molecule has 6 heteroatoms. The quantitative estimate of drug-likeness (QED) is 0.689. The van der Waals surface area contributed by atoms with Crippen LogP contribution in [0.1, 0.15) is 5.56 Å². The van der Waals surface area contributed by atoms with Gasteiger partial charge in [0.1, 0.15) is 18.0 Å². The van der Waals surface area contributed by atoms with Gasteiger partial charge in [-0.1, -0.05) is 30.3 Å². The zero-order chi connectivity index (χ0) is 16.2. The number of piperazine rings is 1. The third-order valence-corrected chi connectivity index (χ3v) is 4.29. The number of hydrogen-bond acceptors (Lipinski definition) is 3. The highest BCUT2D eigenvalue weighted by atomic mass is 19.1. The number of nitrogens with one attached hydrogen (secondary N) is 1. The Bertz CT molecular complexity index is 700. The van der Waals surface area contributed by atoms with Crippen LogP contribution in [0.25, 0.3) is 0 Å². The molecule has 2 aromatic carbocycles. The SMILES string of the molecule is O=[N+]([O-])c1ccccc1N1CC[NH+](Cc2ccccc2F)CC1. The van der Waals surface area contributed by atoms with E-state index in [1.807, 2.05) is 23.1 Å². The van der Waals surface area contributed by atoms with Crippen molar-refractivity contribution in [2.45, 2.75) is 6.54 Å². The van der Waals surface area contributed by atoms with Crippen LogP contribution in [-0.4, -0.2) is 31.1 Å². The minimum atomic E-state index is -0.339. The molecule has 0 aromatic heterocycles. The summed E-state index contributed by atoms with van der Waals surface area (Å²) in [5, 5.41) is 11.1. The van der Waals surface area contributed by atoms with Crippen LogP contribution in [0.3, 0.4) is 0 Å². The fourth-order valence-electron chi connectivity index (χ4n) is 3.04. The molecule has 1 aliphatic heterocycles. The topological polar surface area (TPSA) is 50.8 Å². The number of halogens is 1. The van der Waals surface area contributed by atoms with Crippen molar-refractivity contribution in [3.05, 3.63) is 70.0 Å². The van der Waals surface area contributed by atoms with E-state index < -0.39 is 0 Å². The Hall–Kier alpha value is -2.47. The van der Waals surface area contributed by atoms with E-state index in [4.69, 9.17) is 0 Å². The van der Waals surface area contributed by atoms with E-state index >= 15 is 0 Å². The van der Waals surface area contributed by atoms with Crippen molar-refractivity contribution in [2.75, 3.05) is 31.1 Å². The van der Waals surface area contributed by atoms with Crippen LogP contribution >= 0.6 is 0 Å². The van der Waals surface area contributed by atoms with Gasteiger partial charge in [0.05, 0.1) is 31.1 Å². The summed E-state index contributed by atoms with van der Waals surface area (Å²) < 4.78 is 13.7. The van der Waals surface area contributed by atoms with Gasteiger partial charge >= 0.3 is 0 Å². The molecule has 23 heavy (non-hydrogen) atoms. The molecule has 1 aliphatic rings. The number of anilines is 1. The van der Waals surface area contributed by atoms with E-state index in [9.17, 15) is 14.5 Å². The molecule has 0 bridgehead atoms. The summed E-state index contributed by atoms with van der Waals surface area (Å²) in [4.78, 5) is 14.1. The molecular weight excluding hydrogens is 297 g/mol. The normalized spacial score (nSPS) is 15.6. The molecule has 0 amide bonds. The molecular formula is C17H19FN3O2+. The molecule has 1 fully saturated rings. The van der Waals surface area contributed by atoms with Crippen LogP contribution in [-0.2, 0) is 6.54 Å². The maximum absolute atomic E-state index is 13.7. The summed E-state index contributed by atoms with van der Waals surface area (Å²) in [7, 11) is 0. The van der Waals surface area contributed by atoms with Crippen LogP contribution in [0.5, 0.6) is 0 Å². The molecule has 0 saturated carbocycles. The third kappa shape index (κ3) is 3.48. The summed E-state index contributed by atoms with van der Waals surface area (Å²) >= 11 is 0. The van der Waals surface area contributed by atoms with Gasteiger partial charge in [-0.3, -0.25) is 10.1 Å². The standard InChI is InChI=1S/C17H18FN3O2/c18-15-6-2-1-5-14(15)13-19-9-11-20(12-10-19)16-7-3-4-8-17(16)21(22)23/h1-8H,9-13H2/p+1. The first kappa shape index (κ1) is 15.4. The molecule has 0 atom stereocenters. The summed E-state index contributed by atoms with van der Waals surface area (Å²) in [5.74, 6) is -0.166. The second-order valence-electron chi connectivity index (χ2n) is 5.75. The lowest BCUT2D eigenvalue weighted by Gasteiger charge is -2.33. The van der Waals surface area contributed by atoms with Gasteiger partial charge in [-0.25, -0.2) is 4.39 Å². The van der Waals surface area contributed by atoms with Gasteiger partial charge in [-0.2, -0.15) is 0 Å². The van der Waals surface area contributed by atoms with Crippen molar-refractivity contribution in [3.8, 4) is 0 Å². The Morgan fingerprint density at radius 1 is 1.09 bits per heavy atom. The highest BCUT2D eigenvalue weighted by Gasteiger charge is 2.25. The van der Waals surface area contributed by atoms with Gasteiger partial charge in [0.2, 0.25) is 0 Å². The molecule has 1 heterocycles. The number of quaternary nitrogens is 1. The molecule has 0 radical (unpaired) electrons. The predicted molar refractivity (Wildman–Crippen MR) is 86.1 cm³/mol. The van der Waals surface area contributed by atoms with E-state index in [2.05, 4.69) is 0 Å². The fraction of sp³-hybridized carbons (Fsp3) is 0.294. The molecule has 2 aromatic rings. The second-order valence-corrected chi connectivity index (χ2v) is 5.75. The first-order chi connectivity index (χ1) is 11.1. The van der Waals surface area contributed by atoms with Gasteiger partial charge in [-0.15, -0.1) is 0 Å². The molecule has 0 spiro atoms. The first-order valence-electron chi connectivity index (χ1n) is 7.70. The van der Waals surface area contributed by atoms with Crippen molar-refractivity contribution in [3.63, 3.8) is 0 Å². The van der Waals surface area contributed by atoms with Gasteiger partial charge < -0.3 is 9.80 Å². The van der Waals surface area contributed by atoms with Crippen LogP contribution in [0.2, 0.25) is 0 Å². The van der Waals surface area contributed by atoms with E-state index in [-0.39, 0.29) is 16.4 Å². The van der Waals surface area contributed by atoms with Gasteiger partial charge in [-0.05, 0) is 12.1 Å². The first-order valence-corrected chi connectivity index (χ1v) is 7.70. The monoisotopic (exact) mass is 316 g/mol. The lowest BCUT2D eigenvalue weighted by molar-refractivity contribution is -0.914. The van der Waals surface area contributed by atoms with E-state index in [1.165, 1.54) is 17.0 Å². The van der Waals surface area contributed by atoms with E-state index in [0.29, 0.717) is 12.2 Å². The minimum absolute atomic E-state index is 0.144. The highest BCUT2D eigenvalue weighted by Crippen LogP contribution is 2.27. The summed E-state index contributed by atoms with van der Waals surface area (Å²) in [6.07, 6.45) is 0. The molecule has 0 aliphatic carbocycles. The average Bonchev–Trinajstić information content (AvgIpc) is 2.58. The van der Waals surface area contributed by atoms with E-state index in [0.717, 1.165) is 31.7 Å². The van der Waals surface area contributed by atoms with Crippen LogP contribution < -0.4 is 9.80 Å². The third-order valence-electron chi connectivity index (χ3n) is 4.29. The number of hydrogen-bond donors (Lipinski definition) is 1. The van der Waals surface area contributed by atoms with Crippen LogP contribution in [0.15, 0.2) is 48.5 Å². The van der Waals surface area contributed by atoms with Crippen molar-refractivity contribution >= 4 is 11.4 Å². The molecule has 120 valence electrons. The fourth-order valence-corrected chi connectivity index (χ4v) is 3.04. The van der Waals surface area contributed by atoms with Gasteiger partial charge in [0.25, 0.3) is 5.69 Å². The summed E-state index contributed by atoms with van der Waals surface area (Å²) in [6, 6.07) is 13.7. The van der Waals surface area contributed by atoms with Crippen molar-refractivity contribution in [1.29, 1.82) is 0 Å². The number of para-hydroxylation sites is 2. The molecule has 3 rings (SSSR count). The Balaban J connectivity index is 1.65. The van der Waals surface area contributed by atoms with Crippen LogP contribution in [0.4, 0.5) is 15.8 Å². The second kappa shape index (κ2) is 6.75. The molecule has 5 nitrogen and oxygen atoms in total. The number of nitro benzene ring substituents is 1. The molecule has 1 N–H and O–H groups in total. The lowest BCUT2D eigenvalue weighted by atomic mass is 10.1. The van der Waals surface area contributed by atoms with Crippen molar-refractivity contribution in [1.82, 2.24) is 0 Å². The zero-order valence-corrected chi connectivity index (χ0v) is 12.7. The Labute approximate surface area is 134 Å². The number of nitrogens with zero attached hydrogens (tertiary/aromatic N) is 2. The van der Waals surface area contributed by atoms with Crippen LogP contribution in [0, 0.1) is 15.9 Å². The lowest BCUT2D eigenvalue weighted by Crippen LogP contribution is -3.13.